The Morgan fingerprint density at radius 3 is 2.83 bits per heavy atom. The lowest BCUT2D eigenvalue weighted by atomic mass is 10.0. The molecule has 0 saturated heterocycles. The molecule has 0 aliphatic heterocycles. The first-order chi connectivity index (χ1) is 8.79. The third-order valence-corrected chi connectivity index (χ3v) is 3.31. The minimum atomic E-state index is 0.338. The Morgan fingerprint density at radius 1 is 1.28 bits per heavy atom. The Labute approximate surface area is 116 Å². The molecule has 2 rings (SSSR count). The molecule has 0 spiro atoms. The maximum atomic E-state index is 4.07. The van der Waals surface area contributed by atoms with Crippen molar-refractivity contribution in [3.63, 3.8) is 0 Å². The summed E-state index contributed by atoms with van der Waals surface area (Å²) in [6.07, 6.45) is 2.73. The second kappa shape index (κ2) is 6.61. The Balaban J connectivity index is 2.02. The number of rotatable bonds is 5. The molecule has 0 aliphatic rings. The zero-order chi connectivity index (χ0) is 12.8. The largest absolute Gasteiger partial charge is 0.304 e. The lowest BCUT2D eigenvalue weighted by Crippen LogP contribution is -2.21. The summed E-state index contributed by atoms with van der Waals surface area (Å²) in [5.41, 5.74) is 2.25. The molecule has 1 aromatic carbocycles. The summed E-state index contributed by atoms with van der Waals surface area (Å²) < 4.78 is 1.11. The van der Waals surface area contributed by atoms with Crippen molar-refractivity contribution in [3.05, 3.63) is 58.3 Å². The zero-order valence-corrected chi connectivity index (χ0v) is 11.9. The molecule has 2 aromatic rings. The first kappa shape index (κ1) is 13.2. The van der Waals surface area contributed by atoms with E-state index in [1.807, 2.05) is 18.2 Å². The van der Waals surface area contributed by atoms with Crippen LogP contribution in [-0.2, 0) is 6.54 Å². The van der Waals surface area contributed by atoms with Crippen LogP contribution in [0.1, 0.15) is 30.6 Å². The van der Waals surface area contributed by atoms with Crippen LogP contribution in [0.5, 0.6) is 0 Å². The highest BCUT2D eigenvalue weighted by atomic mass is 79.9. The predicted molar refractivity (Wildman–Crippen MR) is 76.0 cm³/mol. The van der Waals surface area contributed by atoms with Crippen LogP contribution in [0.3, 0.4) is 0 Å². The molecule has 18 heavy (non-hydrogen) atoms. The summed E-state index contributed by atoms with van der Waals surface area (Å²) >= 11 is 3.51. The van der Waals surface area contributed by atoms with Crippen LogP contribution in [0.25, 0.3) is 0 Å². The molecule has 0 saturated carbocycles. The van der Waals surface area contributed by atoms with Crippen molar-refractivity contribution in [2.45, 2.75) is 25.9 Å². The van der Waals surface area contributed by atoms with Gasteiger partial charge in [0.05, 0.1) is 5.69 Å². The summed E-state index contributed by atoms with van der Waals surface area (Å²) in [6, 6.07) is 12.6. The summed E-state index contributed by atoms with van der Waals surface area (Å²) in [7, 11) is 0. The number of nitrogens with one attached hydrogen (secondary N) is 1. The molecular weight excluding hydrogens is 290 g/mol. The fraction of sp³-hybridized carbons (Fsp3) is 0.286. The SMILES string of the molecule is CCC(NCc1cccnn1)c1cccc(Br)c1. The zero-order valence-electron chi connectivity index (χ0n) is 10.3. The van der Waals surface area contributed by atoms with Gasteiger partial charge < -0.3 is 5.32 Å². The maximum Gasteiger partial charge on any atom is 0.0769 e. The fourth-order valence-corrected chi connectivity index (χ4v) is 2.29. The molecule has 1 N–H and O–H groups in total. The van der Waals surface area contributed by atoms with Crippen LogP contribution >= 0.6 is 15.9 Å². The van der Waals surface area contributed by atoms with Crippen LogP contribution in [0.2, 0.25) is 0 Å². The third-order valence-electron chi connectivity index (χ3n) is 2.82. The number of hydrogen-bond acceptors (Lipinski definition) is 3. The van der Waals surface area contributed by atoms with E-state index in [4.69, 9.17) is 0 Å². The summed E-state index contributed by atoms with van der Waals surface area (Å²) in [6.45, 7) is 2.91. The third kappa shape index (κ3) is 3.62. The summed E-state index contributed by atoms with van der Waals surface area (Å²) in [4.78, 5) is 0. The Hall–Kier alpha value is -1.26. The highest BCUT2D eigenvalue weighted by Gasteiger charge is 2.09. The molecule has 0 amide bonds. The second-order valence-corrected chi connectivity index (χ2v) is 5.03. The van der Waals surface area contributed by atoms with E-state index in [0.29, 0.717) is 6.04 Å². The average Bonchev–Trinajstić information content (AvgIpc) is 2.41. The molecular formula is C14H16BrN3. The van der Waals surface area contributed by atoms with Crippen LogP contribution in [0.4, 0.5) is 0 Å². The number of nitrogens with zero attached hydrogens (tertiary/aromatic N) is 2. The van der Waals surface area contributed by atoms with Gasteiger partial charge in [-0.1, -0.05) is 35.0 Å². The van der Waals surface area contributed by atoms with Crippen molar-refractivity contribution in [1.82, 2.24) is 15.5 Å². The van der Waals surface area contributed by atoms with E-state index in [2.05, 4.69) is 56.6 Å². The van der Waals surface area contributed by atoms with E-state index in [1.54, 1.807) is 6.20 Å². The van der Waals surface area contributed by atoms with Crippen molar-refractivity contribution in [1.29, 1.82) is 0 Å². The standard InChI is InChI=1S/C14H16BrN3/c1-2-14(11-5-3-6-12(15)9-11)16-10-13-7-4-8-17-18-13/h3-9,14,16H,2,10H2,1H3. The lowest BCUT2D eigenvalue weighted by molar-refractivity contribution is 0.512. The Kier molecular flexibility index (Phi) is 4.84. The summed E-state index contributed by atoms with van der Waals surface area (Å²) in [5.74, 6) is 0. The van der Waals surface area contributed by atoms with Crippen molar-refractivity contribution in [3.8, 4) is 0 Å². The molecule has 1 atom stereocenters. The lowest BCUT2D eigenvalue weighted by Gasteiger charge is -2.17. The normalized spacial score (nSPS) is 12.3. The van der Waals surface area contributed by atoms with Crippen molar-refractivity contribution >= 4 is 15.9 Å². The molecule has 0 bridgehead atoms. The molecule has 94 valence electrons. The predicted octanol–water partition coefficient (Wildman–Crippen LogP) is 3.48. The molecule has 1 heterocycles. The monoisotopic (exact) mass is 305 g/mol. The molecule has 0 radical (unpaired) electrons. The van der Waals surface area contributed by atoms with Crippen LogP contribution in [0, 0.1) is 0 Å². The van der Waals surface area contributed by atoms with E-state index < -0.39 is 0 Å². The molecule has 1 aromatic heterocycles. The highest BCUT2D eigenvalue weighted by molar-refractivity contribution is 9.10. The molecule has 3 nitrogen and oxygen atoms in total. The number of benzene rings is 1. The quantitative estimate of drug-likeness (QED) is 0.919. The van der Waals surface area contributed by atoms with Crippen LogP contribution in [-0.4, -0.2) is 10.2 Å². The van der Waals surface area contributed by atoms with Crippen LogP contribution in [0.15, 0.2) is 47.1 Å². The van der Waals surface area contributed by atoms with Gasteiger partial charge in [0.2, 0.25) is 0 Å². The van der Waals surface area contributed by atoms with Crippen molar-refractivity contribution in [2.24, 2.45) is 0 Å². The molecule has 1 unspecified atom stereocenters. The Morgan fingerprint density at radius 2 is 2.17 bits per heavy atom. The van der Waals surface area contributed by atoms with Crippen molar-refractivity contribution in [2.75, 3.05) is 0 Å². The fourth-order valence-electron chi connectivity index (χ4n) is 1.88. The van der Waals surface area contributed by atoms with Gasteiger partial charge in [-0.15, -0.1) is 0 Å². The summed E-state index contributed by atoms with van der Waals surface area (Å²) in [5, 5.41) is 11.5. The van der Waals surface area contributed by atoms with E-state index in [0.717, 1.165) is 23.1 Å². The molecule has 0 fully saturated rings. The first-order valence-electron chi connectivity index (χ1n) is 6.05. The minimum Gasteiger partial charge on any atom is -0.304 e. The van der Waals surface area contributed by atoms with E-state index >= 15 is 0 Å². The van der Waals surface area contributed by atoms with Gasteiger partial charge in [0, 0.05) is 23.3 Å². The van der Waals surface area contributed by atoms with Gasteiger partial charge in [0.25, 0.3) is 0 Å². The van der Waals surface area contributed by atoms with Gasteiger partial charge in [-0.2, -0.15) is 10.2 Å². The number of hydrogen-bond donors (Lipinski definition) is 1. The van der Waals surface area contributed by atoms with Crippen molar-refractivity contribution < 1.29 is 0 Å². The van der Waals surface area contributed by atoms with Gasteiger partial charge in [0.1, 0.15) is 0 Å². The van der Waals surface area contributed by atoms with Gasteiger partial charge in [-0.3, -0.25) is 0 Å². The first-order valence-corrected chi connectivity index (χ1v) is 6.84. The Bertz CT molecular complexity index is 487. The number of halogens is 1. The highest BCUT2D eigenvalue weighted by Crippen LogP contribution is 2.20. The smallest absolute Gasteiger partial charge is 0.0769 e. The second-order valence-electron chi connectivity index (χ2n) is 4.11. The van der Waals surface area contributed by atoms with Gasteiger partial charge >= 0.3 is 0 Å². The average molecular weight is 306 g/mol. The maximum absolute atomic E-state index is 4.07. The van der Waals surface area contributed by atoms with Gasteiger partial charge in [0.15, 0.2) is 0 Å². The van der Waals surface area contributed by atoms with Gasteiger partial charge in [-0.05, 0) is 36.2 Å². The van der Waals surface area contributed by atoms with E-state index in [9.17, 15) is 0 Å². The van der Waals surface area contributed by atoms with E-state index in [-0.39, 0.29) is 0 Å². The molecule has 0 aliphatic carbocycles. The topological polar surface area (TPSA) is 37.8 Å². The minimum absolute atomic E-state index is 0.338. The number of aromatic nitrogens is 2. The van der Waals surface area contributed by atoms with Crippen LogP contribution < -0.4 is 5.32 Å². The van der Waals surface area contributed by atoms with E-state index in [1.165, 1.54) is 5.56 Å². The van der Waals surface area contributed by atoms with Gasteiger partial charge in [-0.25, -0.2) is 0 Å². The molecule has 4 heteroatoms.